The maximum atomic E-state index is 8.96. The fourth-order valence-corrected chi connectivity index (χ4v) is 1.91. The van der Waals surface area contributed by atoms with E-state index in [0.717, 1.165) is 22.6 Å². The van der Waals surface area contributed by atoms with E-state index in [1.807, 2.05) is 62.4 Å². The van der Waals surface area contributed by atoms with Crippen molar-refractivity contribution in [3.05, 3.63) is 48.5 Å². The van der Waals surface area contributed by atoms with Crippen LogP contribution in [0.1, 0.15) is 13.8 Å². The zero-order valence-electron chi connectivity index (χ0n) is 11.9. The van der Waals surface area contributed by atoms with Gasteiger partial charge in [-0.25, -0.2) is 0 Å². The molecule has 2 aromatic rings. The van der Waals surface area contributed by atoms with Gasteiger partial charge in [0.25, 0.3) is 0 Å². The van der Waals surface area contributed by atoms with E-state index < -0.39 is 0 Å². The highest BCUT2D eigenvalue weighted by molar-refractivity contribution is 5.64. The van der Waals surface area contributed by atoms with Crippen molar-refractivity contribution in [2.45, 2.75) is 20.0 Å². The molecule has 3 nitrogen and oxygen atoms in total. The van der Waals surface area contributed by atoms with Crippen molar-refractivity contribution in [1.82, 2.24) is 0 Å². The largest absolute Gasteiger partial charge is 0.494 e. The summed E-state index contributed by atoms with van der Waals surface area (Å²) in [6.45, 7) is 4.50. The van der Waals surface area contributed by atoms with Gasteiger partial charge in [-0.05, 0) is 49.2 Å². The third kappa shape index (κ3) is 3.75. The summed E-state index contributed by atoms with van der Waals surface area (Å²) < 4.78 is 11.0. The number of ether oxygens (including phenoxy) is 2. The van der Waals surface area contributed by atoms with Gasteiger partial charge in [0, 0.05) is 0 Å². The zero-order valence-corrected chi connectivity index (χ0v) is 11.9. The molecule has 1 N–H and O–H groups in total. The highest BCUT2D eigenvalue weighted by Crippen LogP contribution is 2.25. The molecule has 0 radical (unpaired) electrons. The van der Waals surface area contributed by atoms with E-state index in [1.54, 1.807) is 0 Å². The van der Waals surface area contributed by atoms with Gasteiger partial charge in [0.1, 0.15) is 17.6 Å². The van der Waals surface area contributed by atoms with Crippen LogP contribution < -0.4 is 9.47 Å². The normalized spacial score (nSPS) is 11.9. The lowest BCUT2D eigenvalue weighted by molar-refractivity contribution is 0.130. The Kier molecular flexibility index (Phi) is 5.02. The smallest absolute Gasteiger partial charge is 0.119 e. The van der Waals surface area contributed by atoms with Crippen molar-refractivity contribution in [1.29, 1.82) is 0 Å². The van der Waals surface area contributed by atoms with E-state index in [4.69, 9.17) is 14.6 Å². The molecular formula is C17H20O3. The van der Waals surface area contributed by atoms with Crippen LogP contribution in [-0.4, -0.2) is 24.4 Å². The molecule has 0 aliphatic rings. The molecule has 2 aromatic carbocycles. The van der Waals surface area contributed by atoms with Gasteiger partial charge in [0.05, 0.1) is 13.2 Å². The van der Waals surface area contributed by atoms with E-state index >= 15 is 0 Å². The average Bonchev–Trinajstić information content (AvgIpc) is 2.49. The molecular weight excluding hydrogens is 252 g/mol. The summed E-state index contributed by atoms with van der Waals surface area (Å²) in [6.07, 6.45) is -0.189. The summed E-state index contributed by atoms with van der Waals surface area (Å²) in [5, 5.41) is 8.96. The lowest BCUT2D eigenvalue weighted by atomic mass is 10.1. The van der Waals surface area contributed by atoms with Crippen LogP contribution in [-0.2, 0) is 0 Å². The molecule has 0 aromatic heterocycles. The maximum Gasteiger partial charge on any atom is 0.119 e. The summed E-state index contributed by atoms with van der Waals surface area (Å²) in [5.41, 5.74) is 2.26. The minimum absolute atomic E-state index is 0.0145. The minimum atomic E-state index is -0.189. The van der Waals surface area contributed by atoms with Gasteiger partial charge < -0.3 is 14.6 Å². The number of hydrogen-bond acceptors (Lipinski definition) is 3. The molecule has 0 amide bonds. The molecule has 106 valence electrons. The first-order chi connectivity index (χ1) is 9.72. The molecule has 20 heavy (non-hydrogen) atoms. The van der Waals surface area contributed by atoms with Crippen LogP contribution in [0.3, 0.4) is 0 Å². The molecule has 0 spiro atoms. The SMILES string of the molecule is CCOc1ccc(-c2ccc(OC(C)CO)cc2)cc1. The summed E-state index contributed by atoms with van der Waals surface area (Å²) in [4.78, 5) is 0. The van der Waals surface area contributed by atoms with E-state index in [0.29, 0.717) is 6.61 Å². The van der Waals surface area contributed by atoms with E-state index in [9.17, 15) is 0 Å². The van der Waals surface area contributed by atoms with Gasteiger partial charge in [0.15, 0.2) is 0 Å². The first-order valence-corrected chi connectivity index (χ1v) is 6.83. The number of aliphatic hydroxyl groups excluding tert-OH is 1. The van der Waals surface area contributed by atoms with Crippen molar-refractivity contribution in [2.75, 3.05) is 13.2 Å². The fraction of sp³-hybridized carbons (Fsp3) is 0.294. The van der Waals surface area contributed by atoms with Crippen molar-refractivity contribution >= 4 is 0 Å². The van der Waals surface area contributed by atoms with Crippen LogP contribution >= 0.6 is 0 Å². The first kappa shape index (κ1) is 14.4. The Morgan fingerprint density at radius 2 is 1.40 bits per heavy atom. The minimum Gasteiger partial charge on any atom is -0.494 e. The Hall–Kier alpha value is -2.00. The quantitative estimate of drug-likeness (QED) is 0.874. The topological polar surface area (TPSA) is 38.7 Å². The molecule has 1 atom stereocenters. The Balaban J connectivity index is 2.09. The molecule has 0 saturated heterocycles. The Morgan fingerprint density at radius 1 is 0.900 bits per heavy atom. The molecule has 0 bridgehead atoms. The number of benzene rings is 2. The van der Waals surface area contributed by atoms with Crippen molar-refractivity contribution in [3.8, 4) is 22.6 Å². The van der Waals surface area contributed by atoms with Gasteiger partial charge in [-0.2, -0.15) is 0 Å². The molecule has 0 saturated carbocycles. The third-order valence-corrected chi connectivity index (χ3v) is 2.95. The second-order valence-corrected chi connectivity index (χ2v) is 4.59. The first-order valence-electron chi connectivity index (χ1n) is 6.83. The Labute approximate surface area is 119 Å². The van der Waals surface area contributed by atoms with Crippen LogP contribution in [0.4, 0.5) is 0 Å². The Bertz CT molecular complexity index is 517. The third-order valence-electron chi connectivity index (χ3n) is 2.95. The fourth-order valence-electron chi connectivity index (χ4n) is 1.91. The van der Waals surface area contributed by atoms with E-state index in [-0.39, 0.29) is 12.7 Å². The van der Waals surface area contributed by atoms with Gasteiger partial charge in [-0.1, -0.05) is 24.3 Å². The van der Waals surface area contributed by atoms with Crippen molar-refractivity contribution in [3.63, 3.8) is 0 Å². The lowest BCUT2D eigenvalue weighted by Gasteiger charge is -2.12. The van der Waals surface area contributed by atoms with E-state index in [1.165, 1.54) is 0 Å². The highest BCUT2D eigenvalue weighted by Gasteiger charge is 2.03. The van der Waals surface area contributed by atoms with Crippen molar-refractivity contribution < 1.29 is 14.6 Å². The molecule has 3 heteroatoms. The number of rotatable bonds is 6. The molecule has 2 rings (SSSR count). The second-order valence-electron chi connectivity index (χ2n) is 4.59. The van der Waals surface area contributed by atoms with Gasteiger partial charge in [-0.3, -0.25) is 0 Å². The molecule has 0 aliphatic heterocycles. The number of hydrogen-bond donors (Lipinski definition) is 1. The average molecular weight is 272 g/mol. The lowest BCUT2D eigenvalue weighted by Crippen LogP contribution is -2.15. The molecule has 0 fully saturated rings. The van der Waals surface area contributed by atoms with Gasteiger partial charge >= 0.3 is 0 Å². The Morgan fingerprint density at radius 3 is 1.85 bits per heavy atom. The van der Waals surface area contributed by atoms with Gasteiger partial charge in [-0.15, -0.1) is 0 Å². The summed E-state index contributed by atoms with van der Waals surface area (Å²) in [5.74, 6) is 1.65. The van der Waals surface area contributed by atoms with Crippen LogP contribution in [0.2, 0.25) is 0 Å². The predicted octanol–water partition coefficient (Wildman–Crippen LogP) is 3.51. The van der Waals surface area contributed by atoms with Crippen molar-refractivity contribution in [2.24, 2.45) is 0 Å². The standard InChI is InChI=1S/C17H20O3/c1-3-19-16-8-4-14(5-9-16)15-6-10-17(11-7-15)20-13(2)12-18/h4-11,13,18H,3,12H2,1-2H3. The summed E-state index contributed by atoms with van der Waals surface area (Å²) >= 11 is 0. The summed E-state index contributed by atoms with van der Waals surface area (Å²) in [7, 11) is 0. The number of aliphatic hydroxyl groups is 1. The molecule has 1 unspecified atom stereocenters. The van der Waals surface area contributed by atoms with Gasteiger partial charge in [0.2, 0.25) is 0 Å². The van der Waals surface area contributed by atoms with Crippen LogP contribution in [0, 0.1) is 0 Å². The molecule has 0 heterocycles. The van der Waals surface area contributed by atoms with Crippen LogP contribution in [0.5, 0.6) is 11.5 Å². The second kappa shape index (κ2) is 6.96. The maximum absolute atomic E-state index is 8.96. The zero-order chi connectivity index (χ0) is 14.4. The van der Waals surface area contributed by atoms with Crippen LogP contribution in [0.25, 0.3) is 11.1 Å². The highest BCUT2D eigenvalue weighted by atomic mass is 16.5. The molecule has 0 aliphatic carbocycles. The van der Waals surface area contributed by atoms with E-state index in [2.05, 4.69) is 0 Å². The summed E-state index contributed by atoms with van der Waals surface area (Å²) in [6, 6.07) is 15.9. The monoisotopic (exact) mass is 272 g/mol. The van der Waals surface area contributed by atoms with Crippen LogP contribution in [0.15, 0.2) is 48.5 Å². The predicted molar refractivity (Wildman–Crippen MR) is 80.2 cm³/mol.